The second-order valence-corrected chi connectivity index (χ2v) is 4.44. The molecule has 1 fully saturated rings. The molecule has 0 unspecified atom stereocenters. The zero-order valence-electron chi connectivity index (χ0n) is 10.6. The Morgan fingerprint density at radius 1 is 1.32 bits per heavy atom. The molecule has 0 spiro atoms. The topological polar surface area (TPSA) is 78.8 Å². The number of nitrogens with zero attached hydrogens (tertiary/aromatic N) is 4. The van der Waals surface area contributed by atoms with Crippen molar-refractivity contribution < 1.29 is 0 Å². The molecule has 2 aromatic rings. The molecule has 7 heteroatoms. The van der Waals surface area contributed by atoms with Gasteiger partial charge in [0.15, 0.2) is 17.0 Å². The van der Waals surface area contributed by atoms with E-state index in [1.165, 1.54) is 4.57 Å². The van der Waals surface area contributed by atoms with Gasteiger partial charge in [-0.2, -0.15) is 4.98 Å². The van der Waals surface area contributed by atoms with Gasteiger partial charge in [-0.3, -0.25) is 9.36 Å². The standard InChI is InChI=1S/C12H14N6O/c1-3-8-14-10-9(11(19)17(8)2)15-12(16-10)18-6-4-13-5-7-18/h1,13H,4-7H2,2H3,(H,15,16). The van der Waals surface area contributed by atoms with Crippen LogP contribution in [0, 0.1) is 12.3 Å². The van der Waals surface area contributed by atoms with Gasteiger partial charge in [-0.1, -0.05) is 0 Å². The first-order valence-electron chi connectivity index (χ1n) is 6.09. The summed E-state index contributed by atoms with van der Waals surface area (Å²) >= 11 is 0. The van der Waals surface area contributed by atoms with Crippen molar-refractivity contribution in [2.45, 2.75) is 0 Å². The SMILES string of the molecule is C#Cc1nc2nc(N3CCNCC3)[nH]c2c(=O)n1C. The second kappa shape index (κ2) is 4.40. The van der Waals surface area contributed by atoms with E-state index in [1.807, 2.05) is 0 Å². The third kappa shape index (κ3) is 1.86. The van der Waals surface area contributed by atoms with E-state index in [-0.39, 0.29) is 11.4 Å². The minimum atomic E-state index is -0.202. The van der Waals surface area contributed by atoms with Crippen LogP contribution in [0.15, 0.2) is 4.79 Å². The van der Waals surface area contributed by atoms with Crippen molar-refractivity contribution >= 4 is 17.1 Å². The quantitative estimate of drug-likeness (QED) is 0.645. The number of rotatable bonds is 1. The van der Waals surface area contributed by atoms with Crippen molar-refractivity contribution in [3.05, 3.63) is 16.2 Å². The van der Waals surface area contributed by atoms with Crippen LogP contribution in [0.2, 0.25) is 0 Å². The van der Waals surface area contributed by atoms with E-state index in [2.05, 4.69) is 31.1 Å². The van der Waals surface area contributed by atoms with Gasteiger partial charge < -0.3 is 15.2 Å². The zero-order chi connectivity index (χ0) is 13.4. The Morgan fingerprint density at radius 3 is 2.74 bits per heavy atom. The molecule has 2 N–H and O–H groups in total. The molecular weight excluding hydrogens is 244 g/mol. The number of anilines is 1. The predicted octanol–water partition coefficient (Wildman–Crippen LogP) is -0.952. The molecule has 0 atom stereocenters. The summed E-state index contributed by atoms with van der Waals surface area (Å²) in [5.41, 5.74) is 0.575. The van der Waals surface area contributed by atoms with Gasteiger partial charge in [-0.25, -0.2) is 4.98 Å². The minimum absolute atomic E-state index is 0.202. The summed E-state index contributed by atoms with van der Waals surface area (Å²) in [4.78, 5) is 25.8. The Balaban J connectivity index is 2.13. The Labute approximate surface area is 109 Å². The summed E-state index contributed by atoms with van der Waals surface area (Å²) in [7, 11) is 1.61. The average molecular weight is 258 g/mol. The van der Waals surface area contributed by atoms with Crippen molar-refractivity contribution in [3.63, 3.8) is 0 Å². The minimum Gasteiger partial charge on any atom is -0.340 e. The molecule has 1 aliphatic heterocycles. The molecule has 0 aromatic carbocycles. The number of hydrogen-bond donors (Lipinski definition) is 2. The van der Waals surface area contributed by atoms with Gasteiger partial charge in [0.2, 0.25) is 5.95 Å². The third-order valence-electron chi connectivity index (χ3n) is 3.27. The van der Waals surface area contributed by atoms with Crippen LogP contribution in [0.5, 0.6) is 0 Å². The Kier molecular flexibility index (Phi) is 2.72. The molecule has 2 aromatic heterocycles. The fourth-order valence-corrected chi connectivity index (χ4v) is 2.18. The summed E-state index contributed by atoms with van der Waals surface area (Å²) < 4.78 is 1.35. The van der Waals surface area contributed by atoms with Crippen LogP contribution in [-0.4, -0.2) is 45.7 Å². The Hall–Kier alpha value is -2.33. The lowest BCUT2D eigenvalue weighted by molar-refractivity contribution is 0.582. The number of H-pyrrole nitrogens is 1. The lowest BCUT2D eigenvalue weighted by Crippen LogP contribution is -2.44. The van der Waals surface area contributed by atoms with Crippen molar-refractivity contribution in [2.75, 3.05) is 31.1 Å². The zero-order valence-corrected chi connectivity index (χ0v) is 10.6. The fourth-order valence-electron chi connectivity index (χ4n) is 2.18. The van der Waals surface area contributed by atoms with Crippen molar-refractivity contribution in [1.82, 2.24) is 24.8 Å². The van der Waals surface area contributed by atoms with Gasteiger partial charge in [0.05, 0.1) is 0 Å². The van der Waals surface area contributed by atoms with E-state index in [4.69, 9.17) is 6.42 Å². The first-order chi connectivity index (χ1) is 9.20. The molecular formula is C12H14N6O. The van der Waals surface area contributed by atoms with Gasteiger partial charge in [0.1, 0.15) is 0 Å². The molecule has 1 saturated heterocycles. The molecule has 3 heterocycles. The predicted molar refractivity (Wildman–Crippen MR) is 72.1 cm³/mol. The maximum absolute atomic E-state index is 12.1. The van der Waals surface area contributed by atoms with Crippen LogP contribution in [0.25, 0.3) is 11.2 Å². The number of imidazole rings is 1. The van der Waals surface area contributed by atoms with Crippen LogP contribution in [0.4, 0.5) is 5.95 Å². The molecule has 7 nitrogen and oxygen atoms in total. The largest absolute Gasteiger partial charge is 0.340 e. The number of terminal acetylenes is 1. The van der Waals surface area contributed by atoms with Crippen LogP contribution in [0.1, 0.15) is 5.82 Å². The molecule has 1 aliphatic rings. The molecule has 98 valence electrons. The van der Waals surface area contributed by atoms with Gasteiger partial charge in [0, 0.05) is 33.2 Å². The first-order valence-corrected chi connectivity index (χ1v) is 6.09. The lowest BCUT2D eigenvalue weighted by atomic mass is 10.4. The van der Waals surface area contributed by atoms with E-state index >= 15 is 0 Å². The third-order valence-corrected chi connectivity index (χ3v) is 3.27. The monoisotopic (exact) mass is 258 g/mol. The van der Waals surface area contributed by atoms with Crippen LogP contribution < -0.4 is 15.8 Å². The lowest BCUT2D eigenvalue weighted by Gasteiger charge is -2.26. The highest BCUT2D eigenvalue weighted by atomic mass is 16.1. The molecule has 0 bridgehead atoms. The maximum atomic E-state index is 12.1. The van der Waals surface area contributed by atoms with Crippen LogP contribution >= 0.6 is 0 Å². The molecule has 0 aliphatic carbocycles. The summed E-state index contributed by atoms with van der Waals surface area (Å²) in [6.07, 6.45) is 5.33. The van der Waals surface area contributed by atoms with Gasteiger partial charge in [0.25, 0.3) is 5.56 Å². The smallest absolute Gasteiger partial charge is 0.280 e. The Bertz CT molecular complexity index is 716. The van der Waals surface area contributed by atoms with Gasteiger partial charge in [-0.05, 0) is 5.92 Å². The van der Waals surface area contributed by atoms with E-state index in [1.54, 1.807) is 7.05 Å². The molecule has 19 heavy (non-hydrogen) atoms. The van der Waals surface area contributed by atoms with Gasteiger partial charge >= 0.3 is 0 Å². The number of aromatic amines is 1. The maximum Gasteiger partial charge on any atom is 0.280 e. The Morgan fingerprint density at radius 2 is 2.05 bits per heavy atom. The number of nitrogens with one attached hydrogen (secondary N) is 2. The highest BCUT2D eigenvalue weighted by Crippen LogP contribution is 2.13. The summed E-state index contributed by atoms with van der Waals surface area (Å²) in [5, 5.41) is 3.27. The fraction of sp³-hybridized carbons (Fsp3) is 0.417. The summed E-state index contributed by atoms with van der Waals surface area (Å²) in [6, 6.07) is 0. The van der Waals surface area contributed by atoms with Crippen molar-refractivity contribution in [2.24, 2.45) is 7.05 Å². The molecule has 0 amide bonds. The number of hydrogen-bond acceptors (Lipinski definition) is 5. The average Bonchev–Trinajstić information content (AvgIpc) is 2.88. The molecule has 3 rings (SSSR count). The van der Waals surface area contributed by atoms with Gasteiger partial charge in [-0.15, -0.1) is 6.42 Å². The summed E-state index contributed by atoms with van der Waals surface area (Å²) in [6.45, 7) is 3.50. The first kappa shape index (κ1) is 11.7. The number of piperazine rings is 1. The number of fused-ring (bicyclic) bond motifs is 1. The van der Waals surface area contributed by atoms with Crippen LogP contribution in [0.3, 0.4) is 0 Å². The van der Waals surface area contributed by atoms with Crippen molar-refractivity contribution in [3.8, 4) is 12.3 Å². The van der Waals surface area contributed by atoms with E-state index in [9.17, 15) is 4.79 Å². The van der Waals surface area contributed by atoms with Crippen molar-refractivity contribution in [1.29, 1.82) is 0 Å². The molecule has 0 radical (unpaired) electrons. The molecule has 0 saturated carbocycles. The van der Waals surface area contributed by atoms with Crippen LogP contribution in [-0.2, 0) is 7.05 Å². The second-order valence-electron chi connectivity index (χ2n) is 4.44. The highest BCUT2D eigenvalue weighted by Gasteiger charge is 2.17. The summed E-state index contributed by atoms with van der Waals surface area (Å²) in [5.74, 6) is 3.36. The van der Waals surface area contributed by atoms with E-state index < -0.39 is 0 Å². The normalized spacial score (nSPS) is 15.7. The number of aromatic nitrogens is 4. The van der Waals surface area contributed by atoms with E-state index in [0.29, 0.717) is 17.1 Å². The highest BCUT2D eigenvalue weighted by molar-refractivity contribution is 5.73. The van der Waals surface area contributed by atoms with E-state index in [0.717, 1.165) is 26.2 Å².